The molecular formula is C5H11O2P. The third-order valence-electron chi connectivity index (χ3n) is 1.34. The molecule has 0 aromatic carbocycles. The van der Waals surface area contributed by atoms with Gasteiger partial charge in [0.1, 0.15) is 0 Å². The summed E-state index contributed by atoms with van der Waals surface area (Å²) in [5.41, 5.74) is 0. The molecule has 0 amide bonds. The van der Waals surface area contributed by atoms with Crippen LogP contribution >= 0.6 is 9.24 Å². The molecule has 0 radical (unpaired) electrons. The van der Waals surface area contributed by atoms with E-state index in [1.165, 1.54) is 0 Å². The minimum absolute atomic E-state index is 0.109. The van der Waals surface area contributed by atoms with Crippen LogP contribution in [-0.2, 0) is 4.74 Å². The van der Waals surface area contributed by atoms with Gasteiger partial charge in [-0.15, -0.1) is 9.24 Å². The average Bonchev–Trinajstić information content (AvgIpc) is 2.14. The van der Waals surface area contributed by atoms with Crippen molar-refractivity contribution in [3.8, 4) is 0 Å². The van der Waals surface area contributed by atoms with Crippen LogP contribution < -0.4 is 0 Å². The SMILES string of the molecule is OCC1CCC(P)O1. The molecule has 2 nitrogen and oxygen atoms in total. The van der Waals surface area contributed by atoms with E-state index in [2.05, 4.69) is 9.24 Å². The molecule has 0 bridgehead atoms. The Kier molecular flexibility index (Phi) is 2.24. The average molecular weight is 134 g/mol. The molecule has 8 heavy (non-hydrogen) atoms. The summed E-state index contributed by atoms with van der Waals surface area (Å²) in [5, 5.41) is 8.55. The highest BCUT2D eigenvalue weighted by atomic mass is 31.0. The lowest BCUT2D eigenvalue weighted by Crippen LogP contribution is -2.10. The number of rotatable bonds is 1. The van der Waals surface area contributed by atoms with Crippen molar-refractivity contribution in [1.82, 2.24) is 0 Å². The minimum atomic E-state index is 0.109. The number of aliphatic hydroxyl groups excluding tert-OH is 1. The van der Waals surface area contributed by atoms with Crippen LogP contribution in [0.15, 0.2) is 0 Å². The monoisotopic (exact) mass is 134 g/mol. The highest BCUT2D eigenvalue weighted by Crippen LogP contribution is 2.23. The minimum Gasteiger partial charge on any atom is -0.394 e. The molecule has 3 atom stereocenters. The van der Waals surface area contributed by atoms with Crippen molar-refractivity contribution in [3.05, 3.63) is 0 Å². The molecule has 0 saturated carbocycles. The fraction of sp³-hybridized carbons (Fsp3) is 1.00. The Morgan fingerprint density at radius 1 is 1.62 bits per heavy atom. The lowest BCUT2D eigenvalue weighted by molar-refractivity contribution is 0.0458. The molecule has 1 aliphatic heterocycles. The maximum Gasteiger partial charge on any atom is 0.0815 e. The highest BCUT2D eigenvalue weighted by molar-refractivity contribution is 7.17. The first-order chi connectivity index (χ1) is 3.83. The number of hydrogen-bond acceptors (Lipinski definition) is 2. The maximum atomic E-state index is 8.55. The Bertz CT molecular complexity index is 76.8. The van der Waals surface area contributed by atoms with Crippen LogP contribution in [0.4, 0.5) is 0 Å². The molecule has 3 unspecified atom stereocenters. The van der Waals surface area contributed by atoms with E-state index in [4.69, 9.17) is 9.84 Å². The Morgan fingerprint density at radius 2 is 2.38 bits per heavy atom. The van der Waals surface area contributed by atoms with Gasteiger partial charge in [-0.1, -0.05) is 0 Å². The standard InChI is InChI=1S/C5H11O2P/c6-3-4-1-2-5(8)7-4/h4-6H,1-3,8H2. The molecule has 48 valence electrons. The predicted octanol–water partition coefficient (Wildman–Crippen LogP) is 0.359. The first kappa shape index (κ1) is 6.47. The normalized spacial score (nSPS) is 38.2. The van der Waals surface area contributed by atoms with Crippen LogP contribution in [-0.4, -0.2) is 23.7 Å². The van der Waals surface area contributed by atoms with Crippen LogP contribution in [0.5, 0.6) is 0 Å². The summed E-state index contributed by atoms with van der Waals surface area (Å²) < 4.78 is 5.22. The zero-order chi connectivity index (χ0) is 5.98. The van der Waals surface area contributed by atoms with Gasteiger partial charge in [0, 0.05) is 0 Å². The van der Waals surface area contributed by atoms with Crippen molar-refractivity contribution in [2.45, 2.75) is 24.8 Å². The Labute approximate surface area is 51.4 Å². The Hall–Kier alpha value is 0.350. The fourth-order valence-electron chi connectivity index (χ4n) is 0.868. The van der Waals surface area contributed by atoms with Gasteiger partial charge in [-0.05, 0) is 12.8 Å². The van der Waals surface area contributed by atoms with Crippen molar-refractivity contribution >= 4 is 9.24 Å². The van der Waals surface area contributed by atoms with Crippen LogP contribution in [0.25, 0.3) is 0 Å². The molecule has 3 heteroatoms. The maximum absolute atomic E-state index is 8.55. The second kappa shape index (κ2) is 2.77. The summed E-state index contributed by atoms with van der Waals surface area (Å²) >= 11 is 0. The number of ether oxygens (including phenoxy) is 1. The molecule has 0 spiro atoms. The van der Waals surface area contributed by atoms with Crippen LogP contribution in [0, 0.1) is 0 Å². The third-order valence-corrected chi connectivity index (χ3v) is 1.83. The van der Waals surface area contributed by atoms with Gasteiger partial charge in [-0.2, -0.15) is 0 Å². The zero-order valence-corrected chi connectivity index (χ0v) is 5.86. The Balaban J connectivity index is 2.22. The molecular weight excluding hydrogens is 123 g/mol. The summed E-state index contributed by atoms with van der Waals surface area (Å²) in [5.74, 6) is 0.284. The van der Waals surface area contributed by atoms with E-state index in [0.29, 0.717) is 0 Å². The van der Waals surface area contributed by atoms with Gasteiger partial charge in [0.15, 0.2) is 0 Å². The number of hydrogen-bond donors (Lipinski definition) is 1. The lowest BCUT2D eigenvalue weighted by atomic mass is 10.2. The van der Waals surface area contributed by atoms with Crippen LogP contribution in [0.1, 0.15) is 12.8 Å². The molecule has 1 aliphatic rings. The number of aliphatic hydroxyl groups is 1. The van der Waals surface area contributed by atoms with Crippen molar-refractivity contribution in [2.24, 2.45) is 0 Å². The van der Waals surface area contributed by atoms with Gasteiger partial charge in [-0.25, -0.2) is 0 Å². The predicted molar refractivity (Wildman–Crippen MR) is 34.7 cm³/mol. The first-order valence-corrected chi connectivity index (χ1v) is 3.51. The summed E-state index contributed by atoms with van der Waals surface area (Å²) in [7, 11) is 2.59. The zero-order valence-electron chi connectivity index (χ0n) is 4.71. The van der Waals surface area contributed by atoms with Crippen molar-refractivity contribution in [1.29, 1.82) is 0 Å². The van der Waals surface area contributed by atoms with E-state index in [9.17, 15) is 0 Å². The van der Waals surface area contributed by atoms with Crippen LogP contribution in [0.2, 0.25) is 0 Å². The van der Waals surface area contributed by atoms with Crippen molar-refractivity contribution < 1.29 is 9.84 Å². The molecule has 1 heterocycles. The van der Waals surface area contributed by atoms with E-state index in [-0.39, 0.29) is 18.6 Å². The van der Waals surface area contributed by atoms with E-state index in [1.54, 1.807) is 0 Å². The summed E-state index contributed by atoms with van der Waals surface area (Å²) in [6, 6.07) is 0. The van der Waals surface area contributed by atoms with E-state index >= 15 is 0 Å². The highest BCUT2D eigenvalue weighted by Gasteiger charge is 2.20. The molecule has 0 aliphatic carbocycles. The van der Waals surface area contributed by atoms with E-state index in [0.717, 1.165) is 12.8 Å². The quantitative estimate of drug-likeness (QED) is 0.524. The molecule has 0 aromatic rings. The summed E-state index contributed by atoms with van der Waals surface area (Å²) in [4.78, 5) is 0. The molecule has 1 N–H and O–H groups in total. The van der Waals surface area contributed by atoms with E-state index in [1.807, 2.05) is 0 Å². The lowest BCUT2D eigenvalue weighted by Gasteiger charge is -2.04. The van der Waals surface area contributed by atoms with E-state index < -0.39 is 0 Å². The molecule has 0 aromatic heterocycles. The Morgan fingerprint density at radius 3 is 2.62 bits per heavy atom. The molecule has 1 saturated heterocycles. The third kappa shape index (κ3) is 1.41. The van der Waals surface area contributed by atoms with Gasteiger partial charge >= 0.3 is 0 Å². The molecule has 1 rings (SSSR count). The van der Waals surface area contributed by atoms with Crippen molar-refractivity contribution in [2.75, 3.05) is 6.61 Å². The van der Waals surface area contributed by atoms with Crippen LogP contribution in [0.3, 0.4) is 0 Å². The van der Waals surface area contributed by atoms with Gasteiger partial charge in [0.25, 0.3) is 0 Å². The van der Waals surface area contributed by atoms with Gasteiger partial charge in [0.05, 0.1) is 18.6 Å². The van der Waals surface area contributed by atoms with Gasteiger partial charge in [-0.3, -0.25) is 0 Å². The second-order valence-electron chi connectivity index (χ2n) is 2.06. The largest absolute Gasteiger partial charge is 0.394 e. The van der Waals surface area contributed by atoms with Gasteiger partial charge in [0.2, 0.25) is 0 Å². The van der Waals surface area contributed by atoms with Gasteiger partial charge < -0.3 is 9.84 Å². The molecule has 1 fully saturated rings. The topological polar surface area (TPSA) is 29.5 Å². The summed E-state index contributed by atoms with van der Waals surface area (Å²) in [6.07, 6.45) is 2.18. The fourth-order valence-corrected chi connectivity index (χ4v) is 1.28. The summed E-state index contributed by atoms with van der Waals surface area (Å²) in [6.45, 7) is 0.172. The van der Waals surface area contributed by atoms with Crippen molar-refractivity contribution in [3.63, 3.8) is 0 Å². The smallest absolute Gasteiger partial charge is 0.0815 e. The second-order valence-corrected chi connectivity index (χ2v) is 2.80. The first-order valence-electron chi connectivity index (χ1n) is 2.85.